The van der Waals surface area contributed by atoms with Crippen molar-refractivity contribution in [2.45, 2.75) is 45.1 Å². The van der Waals surface area contributed by atoms with E-state index in [4.69, 9.17) is 14.0 Å². The summed E-state index contributed by atoms with van der Waals surface area (Å²) in [7, 11) is 3.17. The van der Waals surface area contributed by atoms with E-state index in [1.807, 2.05) is 41.3 Å². The van der Waals surface area contributed by atoms with Crippen molar-refractivity contribution in [2.24, 2.45) is 0 Å². The van der Waals surface area contributed by atoms with Crippen LogP contribution >= 0.6 is 0 Å². The number of aromatic nitrogens is 2. The van der Waals surface area contributed by atoms with E-state index in [2.05, 4.69) is 30.9 Å². The molecule has 32 heavy (non-hydrogen) atoms. The topological polar surface area (TPSA) is 77.7 Å². The zero-order valence-corrected chi connectivity index (χ0v) is 19.2. The molecule has 1 atom stereocenters. The molecule has 3 aromatic rings. The van der Waals surface area contributed by atoms with Gasteiger partial charge in [0.2, 0.25) is 11.7 Å². The molecule has 7 nitrogen and oxygen atoms in total. The van der Waals surface area contributed by atoms with Gasteiger partial charge in [-0.2, -0.15) is 4.98 Å². The maximum atomic E-state index is 13.2. The Bertz CT molecular complexity index is 1100. The van der Waals surface area contributed by atoms with Crippen molar-refractivity contribution in [2.75, 3.05) is 20.8 Å². The van der Waals surface area contributed by atoms with Crippen LogP contribution in [0.25, 0.3) is 11.4 Å². The molecule has 1 aliphatic heterocycles. The van der Waals surface area contributed by atoms with Gasteiger partial charge in [0.05, 0.1) is 14.2 Å². The summed E-state index contributed by atoms with van der Waals surface area (Å²) in [5, 5.41) is 4.15. The molecule has 1 aromatic heterocycles. The van der Waals surface area contributed by atoms with E-state index in [1.54, 1.807) is 20.3 Å². The number of rotatable bonds is 5. The molecule has 0 bridgehead atoms. The van der Waals surface area contributed by atoms with Crippen molar-refractivity contribution in [3.63, 3.8) is 0 Å². The molecule has 0 spiro atoms. The molecule has 4 rings (SSSR count). The lowest BCUT2D eigenvalue weighted by molar-refractivity contribution is 0.0710. The van der Waals surface area contributed by atoms with Gasteiger partial charge in [0.25, 0.3) is 5.91 Å². The normalized spacial score (nSPS) is 16.3. The van der Waals surface area contributed by atoms with Crippen LogP contribution in [0.5, 0.6) is 11.5 Å². The van der Waals surface area contributed by atoms with Crippen LogP contribution in [-0.4, -0.2) is 41.7 Å². The molecule has 0 aliphatic carbocycles. The van der Waals surface area contributed by atoms with Crippen LogP contribution in [-0.2, 0) is 5.41 Å². The van der Waals surface area contributed by atoms with Gasteiger partial charge in [-0.25, -0.2) is 0 Å². The van der Waals surface area contributed by atoms with Gasteiger partial charge in [0.15, 0.2) is 11.5 Å². The molecule has 0 unspecified atom stereocenters. The highest BCUT2D eigenvalue weighted by molar-refractivity contribution is 5.94. The van der Waals surface area contributed by atoms with Gasteiger partial charge < -0.3 is 18.9 Å². The largest absolute Gasteiger partial charge is 0.493 e. The zero-order valence-electron chi connectivity index (χ0n) is 19.2. The van der Waals surface area contributed by atoms with E-state index in [9.17, 15) is 4.79 Å². The first kappa shape index (κ1) is 21.9. The van der Waals surface area contributed by atoms with E-state index >= 15 is 0 Å². The number of carbonyl (C=O) groups is 1. The second-order valence-electron chi connectivity index (χ2n) is 9.01. The second kappa shape index (κ2) is 8.65. The fraction of sp³-hybridized carbons (Fsp3) is 0.400. The summed E-state index contributed by atoms with van der Waals surface area (Å²) in [5.74, 6) is 2.11. The maximum absolute atomic E-state index is 13.2. The van der Waals surface area contributed by atoms with E-state index in [0.29, 0.717) is 35.3 Å². The Labute approximate surface area is 188 Å². The molecule has 2 aromatic carbocycles. The Balaban J connectivity index is 1.55. The molecule has 0 radical (unpaired) electrons. The second-order valence-corrected chi connectivity index (χ2v) is 9.01. The van der Waals surface area contributed by atoms with Gasteiger partial charge in [-0.05, 0) is 54.2 Å². The highest BCUT2D eigenvalue weighted by atomic mass is 16.5. The molecule has 1 fully saturated rings. The lowest BCUT2D eigenvalue weighted by Crippen LogP contribution is -2.30. The molecule has 2 heterocycles. The molecule has 168 valence electrons. The van der Waals surface area contributed by atoms with Gasteiger partial charge in [-0.15, -0.1) is 0 Å². The minimum atomic E-state index is -0.230. The fourth-order valence-corrected chi connectivity index (χ4v) is 4.01. The number of carbonyl (C=O) groups excluding carboxylic acids is 1. The van der Waals surface area contributed by atoms with Crippen molar-refractivity contribution in [3.8, 4) is 22.9 Å². The van der Waals surface area contributed by atoms with Crippen LogP contribution in [0.1, 0.15) is 61.5 Å². The first-order chi connectivity index (χ1) is 15.3. The van der Waals surface area contributed by atoms with Gasteiger partial charge in [-0.3, -0.25) is 4.79 Å². The number of ether oxygens (including phenoxy) is 2. The van der Waals surface area contributed by atoms with Crippen molar-refractivity contribution >= 4 is 5.91 Å². The first-order valence-electron chi connectivity index (χ1n) is 10.8. The average Bonchev–Trinajstić information content (AvgIpc) is 3.47. The first-order valence-corrected chi connectivity index (χ1v) is 10.8. The van der Waals surface area contributed by atoms with Crippen molar-refractivity contribution in [3.05, 3.63) is 59.5 Å². The van der Waals surface area contributed by atoms with E-state index in [0.717, 1.165) is 18.4 Å². The van der Waals surface area contributed by atoms with Crippen LogP contribution in [0.3, 0.4) is 0 Å². The molecular formula is C25H29N3O4. The van der Waals surface area contributed by atoms with Gasteiger partial charge in [-0.1, -0.05) is 38.1 Å². The highest BCUT2D eigenvalue weighted by Gasteiger charge is 2.34. The summed E-state index contributed by atoms with van der Waals surface area (Å²) in [6.07, 6.45) is 1.68. The number of likely N-dealkylation sites (tertiary alicyclic amines) is 1. The monoisotopic (exact) mass is 435 g/mol. The number of benzene rings is 2. The number of nitrogens with zero attached hydrogens (tertiary/aromatic N) is 3. The zero-order chi connectivity index (χ0) is 22.9. The number of amides is 1. The van der Waals surface area contributed by atoms with Crippen LogP contribution in [0.15, 0.2) is 47.0 Å². The molecular weight excluding hydrogens is 406 g/mol. The smallest absolute Gasteiger partial charge is 0.254 e. The molecule has 1 aliphatic rings. The number of methoxy groups -OCH3 is 2. The van der Waals surface area contributed by atoms with Crippen molar-refractivity contribution < 1.29 is 18.8 Å². The van der Waals surface area contributed by atoms with Crippen LogP contribution in [0, 0.1) is 0 Å². The Hall–Kier alpha value is -3.35. The van der Waals surface area contributed by atoms with Gasteiger partial charge in [0, 0.05) is 17.7 Å². The molecule has 1 saturated heterocycles. The number of hydrogen-bond donors (Lipinski definition) is 0. The van der Waals surface area contributed by atoms with E-state index < -0.39 is 0 Å². The quantitative estimate of drug-likeness (QED) is 0.559. The fourth-order valence-electron chi connectivity index (χ4n) is 4.01. The minimum Gasteiger partial charge on any atom is -0.493 e. The highest BCUT2D eigenvalue weighted by Crippen LogP contribution is 2.35. The summed E-state index contributed by atoms with van der Waals surface area (Å²) in [6, 6.07) is 13.1. The van der Waals surface area contributed by atoms with E-state index in [-0.39, 0.29) is 17.4 Å². The summed E-state index contributed by atoms with van der Waals surface area (Å²) >= 11 is 0. The maximum Gasteiger partial charge on any atom is 0.254 e. The molecule has 7 heteroatoms. The third-order valence-corrected chi connectivity index (χ3v) is 5.88. The van der Waals surface area contributed by atoms with Crippen LogP contribution in [0.2, 0.25) is 0 Å². The predicted octanol–water partition coefficient (Wildman–Crippen LogP) is 5.03. The van der Waals surface area contributed by atoms with E-state index in [1.165, 1.54) is 5.56 Å². The molecule has 0 saturated carbocycles. The average molecular weight is 436 g/mol. The lowest BCUT2D eigenvalue weighted by atomic mass is 9.86. The Kier molecular flexibility index (Phi) is 5.91. The lowest BCUT2D eigenvalue weighted by Gasteiger charge is -2.23. The summed E-state index contributed by atoms with van der Waals surface area (Å²) in [4.78, 5) is 19.7. The Morgan fingerprint density at radius 2 is 1.78 bits per heavy atom. The van der Waals surface area contributed by atoms with Crippen LogP contribution in [0.4, 0.5) is 0 Å². The third-order valence-electron chi connectivity index (χ3n) is 5.88. The summed E-state index contributed by atoms with van der Waals surface area (Å²) in [6.45, 7) is 7.14. The van der Waals surface area contributed by atoms with Crippen LogP contribution < -0.4 is 9.47 Å². The van der Waals surface area contributed by atoms with Gasteiger partial charge >= 0.3 is 0 Å². The third kappa shape index (κ3) is 4.20. The summed E-state index contributed by atoms with van der Waals surface area (Å²) in [5.41, 5.74) is 2.67. The predicted molar refractivity (Wildman–Crippen MR) is 121 cm³/mol. The van der Waals surface area contributed by atoms with Crippen molar-refractivity contribution in [1.29, 1.82) is 0 Å². The van der Waals surface area contributed by atoms with Gasteiger partial charge in [0.1, 0.15) is 6.04 Å². The SMILES string of the molecule is COc1ccc(-c2noc([C@H]3CCCN3C(=O)c3ccc(C(C)(C)C)cc3)n2)cc1OC. The molecule has 0 N–H and O–H groups in total. The van der Waals surface area contributed by atoms with Crippen molar-refractivity contribution in [1.82, 2.24) is 15.0 Å². The summed E-state index contributed by atoms with van der Waals surface area (Å²) < 4.78 is 16.2. The minimum absolute atomic E-state index is 0.0150. The standard InChI is InChI=1S/C25H29N3O4/c1-25(2,3)18-11-8-16(9-12-18)24(29)28-14-6-7-19(28)23-26-22(27-32-23)17-10-13-20(30-4)21(15-17)31-5/h8-13,15,19H,6-7,14H2,1-5H3/t19-/m1/s1. The molecule has 1 amide bonds. The number of hydrogen-bond acceptors (Lipinski definition) is 6. The Morgan fingerprint density at radius 3 is 2.44 bits per heavy atom. The Morgan fingerprint density at radius 1 is 1.06 bits per heavy atom.